The van der Waals surface area contributed by atoms with E-state index in [0.29, 0.717) is 0 Å². The molecule has 3 heteroatoms. The first-order valence-electron chi connectivity index (χ1n) is 8.07. The second-order valence-electron chi connectivity index (χ2n) is 6.93. The SMILES string of the molecule is CC(C)(C)N1CCc2c(SCc3ccccc3)cccc2C1=O. The molecule has 0 saturated heterocycles. The minimum Gasteiger partial charge on any atom is -0.333 e. The standard InChI is InChI=1S/C20H23NOS/c1-20(2,3)21-13-12-16-17(19(21)22)10-7-11-18(16)23-14-15-8-5-4-6-9-15/h4-11H,12-14H2,1-3H3. The van der Waals surface area contributed by atoms with E-state index in [0.717, 1.165) is 24.3 Å². The lowest BCUT2D eigenvalue weighted by Gasteiger charge is -2.39. The molecule has 2 aromatic carbocycles. The Labute approximate surface area is 142 Å². The molecule has 23 heavy (non-hydrogen) atoms. The van der Waals surface area contributed by atoms with E-state index in [9.17, 15) is 4.79 Å². The molecule has 0 spiro atoms. The molecule has 2 nitrogen and oxygen atoms in total. The minimum atomic E-state index is -0.123. The predicted molar refractivity (Wildman–Crippen MR) is 96.9 cm³/mol. The van der Waals surface area contributed by atoms with Gasteiger partial charge in [-0.15, -0.1) is 11.8 Å². The summed E-state index contributed by atoms with van der Waals surface area (Å²) in [4.78, 5) is 16.0. The molecule has 2 aromatic rings. The van der Waals surface area contributed by atoms with Crippen molar-refractivity contribution < 1.29 is 4.79 Å². The summed E-state index contributed by atoms with van der Waals surface area (Å²) in [5, 5.41) is 0. The van der Waals surface area contributed by atoms with Gasteiger partial charge in [0, 0.05) is 28.3 Å². The number of thioether (sulfide) groups is 1. The average Bonchev–Trinajstić information content (AvgIpc) is 2.53. The highest BCUT2D eigenvalue weighted by Gasteiger charge is 2.32. The van der Waals surface area contributed by atoms with E-state index in [1.54, 1.807) is 0 Å². The van der Waals surface area contributed by atoms with Crippen molar-refractivity contribution in [1.82, 2.24) is 4.90 Å². The van der Waals surface area contributed by atoms with Crippen molar-refractivity contribution in [2.45, 2.75) is 43.4 Å². The van der Waals surface area contributed by atoms with Gasteiger partial charge in [-0.05, 0) is 50.5 Å². The van der Waals surface area contributed by atoms with Crippen LogP contribution in [-0.4, -0.2) is 22.9 Å². The third kappa shape index (κ3) is 3.45. The summed E-state index contributed by atoms with van der Waals surface area (Å²) in [7, 11) is 0. The van der Waals surface area contributed by atoms with Crippen LogP contribution in [0.3, 0.4) is 0 Å². The van der Waals surface area contributed by atoms with Crippen molar-refractivity contribution in [2.75, 3.05) is 6.54 Å². The van der Waals surface area contributed by atoms with Gasteiger partial charge in [-0.1, -0.05) is 36.4 Å². The Balaban J connectivity index is 1.83. The van der Waals surface area contributed by atoms with Crippen LogP contribution in [0.25, 0.3) is 0 Å². The van der Waals surface area contributed by atoms with E-state index in [4.69, 9.17) is 0 Å². The van der Waals surface area contributed by atoms with E-state index in [-0.39, 0.29) is 11.4 Å². The number of benzene rings is 2. The summed E-state index contributed by atoms with van der Waals surface area (Å²) in [6, 6.07) is 16.6. The van der Waals surface area contributed by atoms with Crippen molar-refractivity contribution in [2.24, 2.45) is 0 Å². The fourth-order valence-electron chi connectivity index (χ4n) is 3.01. The molecule has 1 amide bonds. The van der Waals surface area contributed by atoms with Crippen LogP contribution >= 0.6 is 11.8 Å². The minimum absolute atomic E-state index is 0.123. The number of nitrogens with zero attached hydrogens (tertiary/aromatic N) is 1. The van der Waals surface area contributed by atoms with Crippen molar-refractivity contribution in [1.29, 1.82) is 0 Å². The Morgan fingerprint density at radius 3 is 2.48 bits per heavy atom. The van der Waals surface area contributed by atoms with E-state index in [1.807, 2.05) is 34.9 Å². The van der Waals surface area contributed by atoms with Gasteiger partial charge in [0.25, 0.3) is 5.91 Å². The Hall–Kier alpha value is -1.74. The van der Waals surface area contributed by atoms with E-state index in [1.165, 1.54) is 16.0 Å². The third-order valence-corrected chi connectivity index (χ3v) is 5.41. The second-order valence-corrected chi connectivity index (χ2v) is 7.95. The molecule has 0 saturated carbocycles. The number of carbonyl (C=O) groups excluding carboxylic acids is 1. The molecule has 0 bridgehead atoms. The lowest BCUT2D eigenvalue weighted by molar-refractivity contribution is 0.0560. The molecule has 120 valence electrons. The Kier molecular flexibility index (Phi) is 4.49. The fraction of sp³-hybridized carbons (Fsp3) is 0.350. The first-order chi connectivity index (χ1) is 11.0. The van der Waals surface area contributed by atoms with Crippen LogP contribution in [0.2, 0.25) is 0 Å². The first kappa shape index (κ1) is 16.1. The molecule has 0 aromatic heterocycles. The monoisotopic (exact) mass is 325 g/mol. The summed E-state index contributed by atoms with van der Waals surface area (Å²) in [6.07, 6.45) is 0.941. The normalized spacial score (nSPS) is 14.7. The predicted octanol–water partition coefficient (Wildman–Crippen LogP) is 4.78. The summed E-state index contributed by atoms with van der Waals surface area (Å²) in [5.74, 6) is 1.11. The van der Waals surface area contributed by atoms with Crippen molar-refractivity contribution in [3.63, 3.8) is 0 Å². The largest absolute Gasteiger partial charge is 0.333 e. The highest BCUT2D eigenvalue weighted by molar-refractivity contribution is 7.98. The molecule has 1 heterocycles. The fourth-order valence-corrected chi connectivity index (χ4v) is 4.08. The van der Waals surface area contributed by atoms with Gasteiger partial charge in [0.2, 0.25) is 0 Å². The highest BCUT2D eigenvalue weighted by Crippen LogP contribution is 2.33. The molecular weight excluding hydrogens is 302 g/mol. The zero-order chi connectivity index (χ0) is 16.4. The van der Waals surface area contributed by atoms with Crippen LogP contribution in [0.5, 0.6) is 0 Å². The lowest BCUT2D eigenvalue weighted by atomic mass is 9.94. The molecule has 0 fully saturated rings. The zero-order valence-electron chi connectivity index (χ0n) is 14.0. The Morgan fingerprint density at radius 2 is 1.78 bits per heavy atom. The van der Waals surface area contributed by atoms with E-state index in [2.05, 4.69) is 51.1 Å². The molecule has 1 aliphatic heterocycles. The number of hydrogen-bond acceptors (Lipinski definition) is 2. The van der Waals surface area contributed by atoms with Crippen LogP contribution in [0.1, 0.15) is 42.3 Å². The molecule has 0 atom stereocenters. The second kappa shape index (κ2) is 6.40. The molecule has 1 aliphatic rings. The third-order valence-electron chi connectivity index (χ3n) is 4.24. The summed E-state index contributed by atoms with van der Waals surface area (Å²) in [6.45, 7) is 7.11. The number of carbonyl (C=O) groups is 1. The molecule has 0 N–H and O–H groups in total. The molecule has 0 radical (unpaired) electrons. The van der Waals surface area contributed by atoms with Crippen molar-refractivity contribution >= 4 is 17.7 Å². The van der Waals surface area contributed by atoms with Crippen LogP contribution in [0.15, 0.2) is 53.4 Å². The van der Waals surface area contributed by atoms with E-state index < -0.39 is 0 Å². The topological polar surface area (TPSA) is 20.3 Å². The quantitative estimate of drug-likeness (QED) is 0.757. The molecule has 0 unspecified atom stereocenters. The first-order valence-corrected chi connectivity index (χ1v) is 9.06. The van der Waals surface area contributed by atoms with Gasteiger partial charge in [-0.3, -0.25) is 4.79 Å². The smallest absolute Gasteiger partial charge is 0.254 e. The summed E-state index contributed by atoms with van der Waals surface area (Å²) in [5.41, 5.74) is 3.29. The van der Waals surface area contributed by atoms with Gasteiger partial charge in [0.15, 0.2) is 0 Å². The Bertz CT molecular complexity index is 703. The van der Waals surface area contributed by atoms with E-state index >= 15 is 0 Å². The number of rotatable bonds is 3. The number of hydrogen-bond donors (Lipinski definition) is 0. The highest BCUT2D eigenvalue weighted by atomic mass is 32.2. The lowest BCUT2D eigenvalue weighted by Crippen LogP contribution is -2.49. The van der Waals surface area contributed by atoms with Crippen LogP contribution in [0, 0.1) is 0 Å². The van der Waals surface area contributed by atoms with Crippen molar-refractivity contribution in [3.8, 4) is 0 Å². The van der Waals surface area contributed by atoms with Crippen LogP contribution in [0.4, 0.5) is 0 Å². The van der Waals surface area contributed by atoms with Gasteiger partial charge in [0.1, 0.15) is 0 Å². The van der Waals surface area contributed by atoms with Gasteiger partial charge >= 0.3 is 0 Å². The molecule has 3 rings (SSSR count). The molecular formula is C20H23NOS. The average molecular weight is 325 g/mol. The maximum atomic E-state index is 12.8. The maximum absolute atomic E-state index is 12.8. The Morgan fingerprint density at radius 1 is 1.04 bits per heavy atom. The van der Waals surface area contributed by atoms with Crippen LogP contribution < -0.4 is 0 Å². The van der Waals surface area contributed by atoms with Crippen LogP contribution in [-0.2, 0) is 12.2 Å². The summed E-state index contributed by atoms with van der Waals surface area (Å²) < 4.78 is 0. The van der Waals surface area contributed by atoms with Gasteiger partial charge in [-0.2, -0.15) is 0 Å². The maximum Gasteiger partial charge on any atom is 0.254 e. The van der Waals surface area contributed by atoms with Gasteiger partial charge in [-0.25, -0.2) is 0 Å². The summed E-state index contributed by atoms with van der Waals surface area (Å²) >= 11 is 1.83. The zero-order valence-corrected chi connectivity index (χ0v) is 14.8. The molecule has 0 aliphatic carbocycles. The van der Waals surface area contributed by atoms with Gasteiger partial charge < -0.3 is 4.90 Å². The number of fused-ring (bicyclic) bond motifs is 1. The number of amides is 1. The van der Waals surface area contributed by atoms with Gasteiger partial charge in [0.05, 0.1) is 0 Å². The van der Waals surface area contributed by atoms with Crippen molar-refractivity contribution in [3.05, 3.63) is 65.2 Å².